The second-order valence-corrected chi connectivity index (χ2v) is 8.13. The third-order valence-corrected chi connectivity index (χ3v) is 2.82. The van der Waals surface area contributed by atoms with Crippen LogP contribution in [0.25, 0.3) is 0 Å². The van der Waals surface area contributed by atoms with E-state index in [0.29, 0.717) is 12.8 Å². The molecule has 3 nitrogen and oxygen atoms in total. The maximum Gasteiger partial charge on any atom is 0.159 e. The smallest absolute Gasteiger partial charge is 0.159 e. The Labute approximate surface area is 118 Å². The first-order chi connectivity index (χ1) is 8.23. The number of hydrogen-bond acceptors (Lipinski definition) is 3. The van der Waals surface area contributed by atoms with Gasteiger partial charge in [0.25, 0.3) is 0 Å². The predicted octanol–water partition coefficient (Wildman–Crippen LogP) is 3.79. The van der Waals surface area contributed by atoms with Gasteiger partial charge in [-0.2, -0.15) is 0 Å². The van der Waals surface area contributed by atoms with Crippen LogP contribution in [-0.2, 0) is 14.3 Å². The standard InChI is InChI=1S/C16H30O3/c1-14(2,3)13(18)10-16(7,8)9-12(17)11-19-15(4,5)6/h9-11H2,1-8H3. The van der Waals surface area contributed by atoms with Gasteiger partial charge in [0, 0.05) is 18.3 Å². The van der Waals surface area contributed by atoms with Crippen molar-refractivity contribution >= 4 is 11.6 Å². The fourth-order valence-electron chi connectivity index (χ4n) is 1.64. The minimum absolute atomic E-state index is 0.0571. The summed E-state index contributed by atoms with van der Waals surface area (Å²) in [6, 6.07) is 0. The highest BCUT2D eigenvalue weighted by atomic mass is 16.5. The summed E-state index contributed by atoms with van der Waals surface area (Å²) >= 11 is 0. The van der Waals surface area contributed by atoms with Crippen molar-refractivity contribution in [2.45, 2.75) is 73.8 Å². The molecule has 0 aliphatic rings. The lowest BCUT2D eigenvalue weighted by Gasteiger charge is -2.28. The highest BCUT2D eigenvalue weighted by molar-refractivity contribution is 5.86. The lowest BCUT2D eigenvalue weighted by Crippen LogP contribution is -2.30. The molecule has 0 saturated heterocycles. The Morgan fingerprint density at radius 3 is 1.68 bits per heavy atom. The van der Waals surface area contributed by atoms with E-state index in [4.69, 9.17) is 4.74 Å². The van der Waals surface area contributed by atoms with Crippen LogP contribution in [-0.4, -0.2) is 23.8 Å². The number of rotatable bonds is 6. The van der Waals surface area contributed by atoms with Crippen molar-refractivity contribution in [3.8, 4) is 0 Å². The first kappa shape index (κ1) is 18.3. The van der Waals surface area contributed by atoms with E-state index < -0.39 is 0 Å². The van der Waals surface area contributed by atoms with Gasteiger partial charge in [0.1, 0.15) is 12.4 Å². The monoisotopic (exact) mass is 270 g/mol. The molecule has 0 N–H and O–H groups in total. The molecule has 0 spiro atoms. The third kappa shape index (κ3) is 8.93. The fraction of sp³-hybridized carbons (Fsp3) is 0.875. The molecule has 3 heteroatoms. The van der Waals surface area contributed by atoms with Crippen LogP contribution < -0.4 is 0 Å². The number of Topliss-reactive ketones (excluding diaryl/α,β-unsaturated/α-hetero) is 2. The molecule has 0 unspecified atom stereocenters. The largest absolute Gasteiger partial charge is 0.368 e. The zero-order valence-electron chi connectivity index (χ0n) is 13.8. The van der Waals surface area contributed by atoms with Crippen LogP contribution in [0, 0.1) is 10.8 Å². The van der Waals surface area contributed by atoms with Crippen LogP contribution in [0.15, 0.2) is 0 Å². The average molecular weight is 270 g/mol. The van der Waals surface area contributed by atoms with Crippen molar-refractivity contribution in [3.05, 3.63) is 0 Å². The van der Waals surface area contributed by atoms with E-state index in [1.54, 1.807) is 0 Å². The molecular weight excluding hydrogens is 240 g/mol. The lowest BCUT2D eigenvalue weighted by atomic mass is 9.76. The third-order valence-electron chi connectivity index (χ3n) is 2.82. The number of hydrogen-bond donors (Lipinski definition) is 0. The first-order valence-electron chi connectivity index (χ1n) is 6.92. The SMILES string of the molecule is CC(C)(CC(=O)COC(C)(C)C)CC(=O)C(C)(C)C. The number of ether oxygens (including phenoxy) is 1. The summed E-state index contributed by atoms with van der Waals surface area (Å²) in [4.78, 5) is 23.9. The maximum absolute atomic E-state index is 12.0. The first-order valence-corrected chi connectivity index (χ1v) is 6.92. The predicted molar refractivity (Wildman–Crippen MR) is 78.2 cm³/mol. The summed E-state index contributed by atoms with van der Waals surface area (Å²) in [7, 11) is 0. The van der Waals surface area contributed by atoms with E-state index in [2.05, 4.69) is 0 Å². The van der Waals surface area contributed by atoms with Gasteiger partial charge in [0.05, 0.1) is 5.60 Å². The fourth-order valence-corrected chi connectivity index (χ4v) is 1.64. The van der Waals surface area contributed by atoms with E-state index >= 15 is 0 Å². The molecule has 19 heavy (non-hydrogen) atoms. The number of carbonyl (C=O) groups excluding carboxylic acids is 2. The van der Waals surface area contributed by atoms with Crippen LogP contribution in [0.4, 0.5) is 0 Å². The maximum atomic E-state index is 12.0. The van der Waals surface area contributed by atoms with Crippen molar-refractivity contribution in [2.24, 2.45) is 10.8 Å². The van der Waals surface area contributed by atoms with E-state index in [-0.39, 0.29) is 34.6 Å². The van der Waals surface area contributed by atoms with Crippen LogP contribution in [0.3, 0.4) is 0 Å². The summed E-state index contributed by atoms with van der Waals surface area (Å²) in [5, 5.41) is 0. The molecule has 0 aliphatic heterocycles. The van der Waals surface area contributed by atoms with Crippen LogP contribution in [0.5, 0.6) is 0 Å². The molecule has 0 atom stereocenters. The van der Waals surface area contributed by atoms with Gasteiger partial charge in [0.2, 0.25) is 0 Å². The van der Waals surface area contributed by atoms with Crippen molar-refractivity contribution < 1.29 is 14.3 Å². The van der Waals surface area contributed by atoms with Crippen LogP contribution in [0.2, 0.25) is 0 Å². The molecule has 0 heterocycles. The van der Waals surface area contributed by atoms with Crippen molar-refractivity contribution in [2.75, 3.05) is 6.61 Å². The number of ketones is 2. The van der Waals surface area contributed by atoms with Crippen LogP contribution in [0.1, 0.15) is 68.2 Å². The van der Waals surface area contributed by atoms with Gasteiger partial charge in [-0.3, -0.25) is 9.59 Å². The zero-order valence-corrected chi connectivity index (χ0v) is 13.8. The van der Waals surface area contributed by atoms with Gasteiger partial charge < -0.3 is 4.74 Å². The Balaban J connectivity index is 4.37. The van der Waals surface area contributed by atoms with Crippen LogP contribution >= 0.6 is 0 Å². The van der Waals surface area contributed by atoms with E-state index in [1.165, 1.54) is 0 Å². The lowest BCUT2D eigenvalue weighted by molar-refractivity contribution is -0.132. The Hall–Kier alpha value is -0.700. The molecule has 0 saturated carbocycles. The van der Waals surface area contributed by atoms with Crippen molar-refractivity contribution in [1.29, 1.82) is 0 Å². The summed E-state index contributed by atoms with van der Waals surface area (Å²) in [5.74, 6) is 0.253. The van der Waals surface area contributed by atoms with E-state index in [0.717, 1.165) is 0 Å². The quantitative estimate of drug-likeness (QED) is 0.737. The molecule has 0 bridgehead atoms. The van der Waals surface area contributed by atoms with E-state index in [1.807, 2.05) is 55.4 Å². The van der Waals surface area contributed by atoms with Crippen molar-refractivity contribution in [1.82, 2.24) is 0 Å². The second-order valence-electron chi connectivity index (χ2n) is 8.13. The highest BCUT2D eigenvalue weighted by Crippen LogP contribution is 2.30. The van der Waals surface area contributed by atoms with Gasteiger partial charge in [0.15, 0.2) is 5.78 Å². The molecule has 0 aromatic heterocycles. The minimum atomic E-state index is -0.345. The normalized spacial score (nSPS) is 13.5. The topological polar surface area (TPSA) is 43.4 Å². The average Bonchev–Trinajstić information content (AvgIpc) is 2.10. The zero-order chi connectivity index (χ0) is 15.5. The molecular formula is C16H30O3. The Morgan fingerprint density at radius 2 is 1.32 bits per heavy atom. The molecule has 0 aromatic carbocycles. The second kappa shape index (κ2) is 6.17. The van der Waals surface area contributed by atoms with Gasteiger partial charge in [-0.1, -0.05) is 34.6 Å². The molecule has 0 fully saturated rings. The highest BCUT2D eigenvalue weighted by Gasteiger charge is 2.30. The molecule has 0 rings (SSSR count). The Morgan fingerprint density at radius 1 is 0.842 bits per heavy atom. The Bertz CT molecular complexity index is 327. The summed E-state index contributed by atoms with van der Waals surface area (Å²) in [6.45, 7) is 15.6. The van der Waals surface area contributed by atoms with E-state index in [9.17, 15) is 9.59 Å². The van der Waals surface area contributed by atoms with Gasteiger partial charge in [-0.15, -0.1) is 0 Å². The molecule has 112 valence electrons. The Kier molecular flexibility index (Phi) is 5.94. The molecule has 0 amide bonds. The summed E-state index contributed by atoms with van der Waals surface area (Å²) in [6.07, 6.45) is 0.808. The molecule has 0 aliphatic carbocycles. The summed E-state index contributed by atoms with van der Waals surface area (Å²) < 4.78 is 5.47. The number of carbonyl (C=O) groups is 2. The van der Waals surface area contributed by atoms with Crippen molar-refractivity contribution in [3.63, 3.8) is 0 Å². The minimum Gasteiger partial charge on any atom is -0.368 e. The van der Waals surface area contributed by atoms with Gasteiger partial charge in [-0.25, -0.2) is 0 Å². The van der Waals surface area contributed by atoms with Gasteiger partial charge in [-0.05, 0) is 26.2 Å². The van der Waals surface area contributed by atoms with Gasteiger partial charge >= 0.3 is 0 Å². The summed E-state index contributed by atoms with van der Waals surface area (Å²) in [5.41, 5.74) is -0.952. The molecule has 0 aromatic rings. The molecule has 0 radical (unpaired) electrons.